The van der Waals surface area contributed by atoms with E-state index in [0.717, 1.165) is 53.2 Å². The fourth-order valence-electron chi connectivity index (χ4n) is 5.23. The van der Waals surface area contributed by atoms with E-state index in [9.17, 15) is 4.79 Å². The van der Waals surface area contributed by atoms with E-state index in [-0.39, 0.29) is 18.0 Å². The number of aryl methyl sites for hydroxylation is 3. The number of piperidine rings is 2. The fraction of sp³-hybridized carbons (Fsp3) is 0.385. The Labute approximate surface area is 189 Å². The standard InChI is InChI=1S/C26H29N5O/c1-16-6-9-22(29-14-16)30-20-13-19-7-8-21(20)31(15-19)26(32)25-23(17(2)10-12-28-25)24-18(3)5-4-11-27-24/h4-6,9-12,14,19-21H,7-8,13,15H2,1-3H3,(H,29,30). The number of aromatic nitrogens is 3. The Hall–Kier alpha value is -3.28. The summed E-state index contributed by atoms with van der Waals surface area (Å²) in [6.45, 7) is 6.88. The molecule has 3 fully saturated rings. The molecule has 1 saturated carbocycles. The van der Waals surface area contributed by atoms with Crippen molar-refractivity contribution in [3.8, 4) is 11.3 Å². The Kier molecular flexibility index (Phi) is 5.37. The highest BCUT2D eigenvalue weighted by molar-refractivity contribution is 6.00. The number of fused-ring (bicyclic) bond motifs is 3. The van der Waals surface area contributed by atoms with Gasteiger partial charge >= 0.3 is 0 Å². The van der Waals surface area contributed by atoms with Crippen LogP contribution in [0, 0.1) is 26.7 Å². The molecule has 3 aliphatic rings. The first kappa shape index (κ1) is 20.6. The summed E-state index contributed by atoms with van der Waals surface area (Å²) >= 11 is 0. The van der Waals surface area contributed by atoms with Gasteiger partial charge in [0.15, 0.2) is 0 Å². The molecule has 1 aliphatic carbocycles. The smallest absolute Gasteiger partial charge is 0.273 e. The third-order valence-electron chi connectivity index (χ3n) is 6.89. The van der Waals surface area contributed by atoms with Crippen molar-refractivity contribution in [2.45, 2.75) is 52.1 Å². The molecule has 6 heteroatoms. The number of carbonyl (C=O) groups excluding carboxylic acids is 1. The predicted octanol–water partition coefficient (Wildman–Crippen LogP) is 4.57. The summed E-state index contributed by atoms with van der Waals surface area (Å²) in [4.78, 5) is 29.6. The molecule has 3 aromatic heterocycles. The third-order valence-corrected chi connectivity index (χ3v) is 6.89. The van der Waals surface area contributed by atoms with Gasteiger partial charge in [-0.1, -0.05) is 12.1 Å². The van der Waals surface area contributed by atoms with E-state index in [2.05, 4.69) is 26.3 Å². The molecule has 0 spiro atoms. The largest absolute Gasteiger partial charge is 0.365 e. The highest BCUT2D eigenvalue weighted by Gasteiger charge is 2.44. The SMILES string of the molecule is Cc1ccc(NC2CC3CCC2N(C(=O)c2nccc(C)c2-c2ncccc2C)C3)nc1. The van der Waals surface area contributed by atoms with Crippen molar-refractivity contribution < 1.29 is 4.79 Å². The Bertz CT molecular complexity index is 1140. The molecule has 2 aliphatic heterocycles. The Morgan fingerprint density at radius 1 is 1.00 bits per heavy atom. The number of amides is 1. The lowest BCUT2D eigenvalue weighted by atomic mass is 9.76. The van der Waals surface area contributed by atoms with E-state index in [1.54, 1.807) is 12.4 Å². The number of hydrogen-bond acceptors (Lipinski definition) is 5. The summed E-state index contributed by atoms with van der Waals surface area (Å²) in [7, 11) is 0. The minimum Gasteiger partial charge on any atom is -0.365 e. The lowest BCUT2D eigenvalue weighted by Crippen LogP contribution is -2.60. The monoisotopic (exact) mass is 427 g/mol. The molecule has 0 aromatic carbocycles. The Morgan fingerprint density at radius 3 is 2.62 bits per heavy atom. The number of carbonyl (C=O) groups is 1. The van der Waals surface area contributed by atoms with Gasteiger partial charge in [0, 0.05) is 36.7 Å². The number of anilines is 1. The van der Waals surface area contributed by atoms with Crippen LogP contribution >= 0.6 is 0 Å². The highest BCUT2D eigenvalue weighted by atomic mass is 16.2. The molecule has 3 aromatic rings. The summed E-state index contributed by atoms with van der Waals surface area (Å²) in [5.41, 5.74) is 5.39. The van der Waals surface area contributed by atoms with E-state index in [1.807, 2.05) is 56.1 Å². The summed E-state index contributed by atoms with van der Waals surface area (Å²) < 4.78 is 0. The van der Waals surface area contributed by atoms with Gasteiger partial charge in [-0.3, -0.25) is 14.8 Å². The average Bonchev–Trinajstić information content (AvgIpc) is 2.81. The molecule has 32 heavy (non-hydrogen) atoms. The quantitative estimate of drug-likeness (QED) is 0.660. The molecule has 1 amide bonds. The first-order valence-corrected chi connectivity index (χ1v) is 11.4. The maximum atomic E-state index is 13.9. The van der Waals surface area contributed by atoms with Crippen molar-refractivity contribution >= 4 is 11.7 Å². The van der Waals surface area contributed by atoms with Gasteiger partial charge in [0.05, 0.1) is 11.7 Å². The van der Waals surface area contributed by atoms with Crippen molar-refractivity contribution in [3.63, 3.8) is 0 Å². The predicted molar refractivity (Wildman–Crippen MR) is 125 cm³/mol. The lowest BCUT2D eigenvalue weighted by Gasteiger charge is -2.50. The van der Waals surface area contributed by atoms with Gasteiger partial charge < -0.3 is 10.2 Å². The first-order valence-electron chi connectivity index (χ1n) is 11.4. The lowest BCUT2D eigenvalue weighted by molar-refractivity contribution is 0.0277. The molecule has 3 unspecified atom stereocenters. The zero-order valence-corrected chi connectivity index (χ0v) is 18.9. The molecule has 164 valence electrons. The van der Waals surface area contributed by atoms with Crippen molar-refractivity contribution in [2.24, 2.45) is 5.92 Å². The van der Waals surface area contributed by atoms with Gasteiger partial charge in [-0.15, -0.1) is 0 Å². The van der Waals surface area contributed by atoms with Crippen LogP contribution in [0.15, 0.2) is 48.9 Å². The van der Waals surface area contributed by atoms with Crippen LogP contribution in [0.5, 0.6) is 0 Å². The topological polar surface area (TPSA) is 71.0 Å². The second-order valence-corrected chi connectivity index (χ2v) is 9.20. The fourth-order valence-corrected chi connectivity index (χ4v) is 5.23. The molecule has 2 saturated heterocycles. The van der Waals surface area contributed by atoms with Crippen LogP contribution in [0.2, 0.25) is 0 Å². The minimum atomic E-state index is 0.00631. The Balaban J connectivity index is 1.47. The molecular formula is C26H29N5O. The van der Waals surface area contributed by atoms with Crippen molar-refractivity contribution in [3.05, 3.63) is 71.3 Å². The highest BCUT2D eigenvalue weighted by Crippen LogP contribution is 2.38. The van der Waals surface area contributed by atoms with Crippen LogP contribution in [-0.2, 0) is 0 Å². The second kappa shape index (κ2) is 8.34. The van der Waals surface area contributed by atoms with Gasteiger partial charge in [-0.05, 0) is 80.8 Å². The van der Waals surface area contributed by atoms with Crippen molar-refractivity contribution in [2.75, 3.05) is 11.9 Å². The summed E-state index contributed by atoms with van der Waals surface area (Å²) in [6, 6.07) is 10.3. The summed E-state index contributed by atoms with van der Waals surface area (Å²) in [5.74, 6) is 1.38. The van der Waals surface area contributed by atoms with Gasteiger partial charge in [0.2, 0.25) is 0 Å². The average molecular weight is 428 g/mol. The van der Waals surface area contributed by atoms with Crippen LogP contribution in [0.3, 0.4) is 0 Å². The third kappa shape index (κ3) is 3.74. The molecule has 0 radical (unpaired) electrons. The van der Waals surface area contributed by atoms with Crippen LogP contribution in [0.4, 0.5) is 5.82 Å². The molecule has 1 N–H and O–H groups in total. The molecule has 6 nitrogen and oxygen atoms in total. The Morgan fingerprint density at radius 2 is 1.88 bits per heavy atom. The maximum absolute atomic E-state index is 13.9. The van der Waals surface area contributed by atoms with E-state index in [0.29, 0.717) is 11.6 Å². The van der Waals surface area contributed by atoms with Crippen LogP contribution in [-0.4, -0.2) is 44.4 Å². The number of nitrogens with zero attached hydrogens (tertiary/aromatic N) is 4. The van der Waals surface area contributed by atoms with Crippen LogP contribution in [0.25, 0.3) is 11.3 Å². The van der Waals surface area contributed by atoms with E-state index in [4.69, 9.17) is 0 Å². The number of nitrogens with one attached hydrogen (secondary N) is 1. The first-order chi connectivity index (χ1) is 15.5. The summed E-state index contributed by atoms with van der Waals surface area (Å²) in [6.07, 6.45) is 8.63. The van der Waals surface area contributed by atoms with Crippen LogP contribution < -0.4 is 5.32 Å². The number of rotatable bonds is 4. The number of hydrogen-bond donors (Lipinski definition) is 1. The van der Waals surface area contributed by atoms with Gasteiger partial charge in [0.1, 0.15) is 11.5 Å². The molecule has 5 heterocycles. The maximum Gasteiger partial charge on any atom is 0.273 e. The zero-order chi connectivity index (χ0) is 22.2. The van der Waals surface area contributed by atoms with Crippen LogP contribution in [0.1, 0.15) is 46.4 Å². The molecule has 2 bridgehead atoms. The van der Waals surface area contributed by atoms with E-state index < -0.39 is 0 Å². The molecular weight excluding hydrogens is 398 g/mol. The zero-order valence-electron chi connectivity index (χ0n) is 18.9. The normalized spacial score (nSPS) is 22.1. The molecule has 6 rings (SSSR count). The number of pyridine rings is 3. The minimum absolute atomic E-state index is 0.00631. The van der Waals surface area contributed by atoms with Gasteiger partial charge in [-0.25, -0.2) is 4.98 Å². The van der Waals surface area contributed by atoms with Gasteiger partial charge in [-0.2, -0.15) is 0 Å². The summed E-state index contributed by atoms with van der Waals surface area (Å²) in [5, 5.41) is 3.60. The van der Waals surface area contributed by atoms with Gasteiger partial charge in [0.25, 0.3) is 5.91 Å². The molecule has 3 atom stereocenters. The van der Waals surface area contributed by atoms with Crippen molar-refractivity contribution in [1.29, 1.82) is 0 Å². The van der Waals surface area contributed by atoms with Crippen molar-refractivity contribution in [1.82, 2.24) is 19.9 Å². The van der Waals surface area contributed by atoms with E-state index in [1.165, 1.54) is 6.42 Å². The second-order valence-electron chi connectivity index (χ2n) is 9.20. The van der Waals surface area contributed by atoms with E-state index >= 15 is 0 Å².